The second-order valence-electron chi connectivity index (χ2n) is 6.26. The lowest BCUT2D eigenvalue weighted by atomic mass is 9.87. The van der Waals surface area contributed by atoms with Crippen molar-refractivity contribution in [2.75, 3.05) is 13.1 Å². The van der Waals surface area contributed by atoms with E-state index < -0.39 is 0 Å². The van der Waals surface area contributed by atoms with E-state index >= 15 is 0 Å². The van der Waals surface area contributed by atoms with Crippen molar-refractivity contribution >= 4 is 5.91 Å². The minimum atomic E-state index is 0.278. The summed E-state index contributed by atoms with van der Waals surface area (Å²) >= 11 is 0. The van der Waals surface area contributed by atoms with Crippen molar-refractivity contribution in [3.05, 3.63) is 0 Å². The predicted octanol–water partition coefficient (Wildman–Crippen LogP) is 2.46. The van der Waals surface area contributed by atoms with E-state index in [0.29, 0.717) is 17.9 Å². The van der Waals surface area contributed by atoms with Crippen LogP contribution in [0.1, 0.15) is 58.3 Å². The lowest BCUT2D eigenvalue weighted by Crippen LogP contribution is -2.42. The van der Waals surface area contributed by atoms with Gasteiger partial charge in [-0.25, -0.2) is 0 Å². The van der Waals surface area contributed by atoms with Crippen LogP contribution in [0.2, 0.25) is 0 Å². The van der Waals surface area contributed by atoms with Gasteiger partial charge in [-0.1, -0.05) is 19.3 Å². The lowest BCUT2D eigenvalue weighted by Gasteiger charge is -2.28. The molecule has 2 fully saturated rings. The zero-order valence-electron chi connectivity index (χ0n) is 11.7. The Bertz CT molecular complexity index is 253. The van der Waals surface area contributed by atoms with Gasteiger partial charge in [-0.15, -0.1) is 0 Å². The Labute approximate surface area is 111 Å². The summed E-state index contributed by atoms with van der Waals surface area (Å²) in [4.78, 5) is 11.9. The summed E-state index contributed by atoms with van der Waals surface area (Å²) in [5.41, 5.74) is 0. The molecule has 0 spiro atoms. The first kappa shape index (κ1) is 13.9. The van der Waals surface area contributed by atoms with Crippen LogP contribution < -0.4 is 10.6 Å². The van der Waals surface area contributed by atoms with Gasteiger partial charge in [0.25, 0.3) is 0 Å². The van der Waals surface area contributed by atoms with Crippen molar-refractivity contribution in [2.45, 2.75) is 64.3 Å². The number of amides is 1. The maximum atomic E-state index is 11.9. The summed E-state index contributed by atoms with van der Waals surface area (Å²) in [5, 5.41) is 6.62. The largest absolute Gasteiger partial charge is 0.356 e. The van der Waals surface area contributed by atoms with E-state index in [2.05, 4.69) is 17.6 Å². The molecule has 3 nitrogen and oxygen atoms in total. The molecule has 2 aliphatic rings. The molecule has 18 heavy (non-hydrogen) atoms. The molecule has 0 aromatic rings. The highest BCUT2D eigenvalue weighted by Crippen LogP contribution is 2.26. The highest BCUT2D eigenvalue weighted by molar-refractivity contribution is 5.76. The van der Waals surface area contributed by atoms with E-state index in [0.717, 1.165) is 19.5 Å². The number of nitrogens with one attached hydrogen (secondary N) is 2. The standard InChI is InChI=1S/C15H28N2O/c1-12-7-8-14(10-16-12)11-17-15(18)9-13-5-3-2-4-6-13/h12-14,16H,2-11H2,1H3,(H,17,18). The molecule has 0 aromatic heterocycles. The molecular formula is C15H28N2O. The number of hydrogen-bond donors (Lipinski definition) is 2. The average molecular weight is 252 g/mol. The third-order valence-electron chi connectivity index (χ3n) is 4.55. The Balaban J connectivity index is 1.59. The van der Waals surface area contributed by atoms with E-state index in [4.69, 9.17) is 0 Å². The highest BCUT2D eigenvalue weighted by atomic mass is 16.1. The van der Waals surface area contributed by atoms with Gasteiger partial charge in [-0.3, -0.25) is 4.79 Å². The molecule has 1 aliphatic heterocycles. The zero-order chi connectivity index (χ0) is 12.8. The molecule has 1 amide bonds. The topological polar surface area (TPSA) is 41.1 Å². The van der Waals surface area contributed by atoms with E-state index in [1.807, 2.05) is 0 Å². The van der Waals surface area contributed by atoms with Crippen LogP contribution in [0.4, 0.5) is 0 Å². The molecule has 2 unspecified atom stereocenters. The minimum Gasteiger partial charge on any atom is -0.356 e. The second kappa shape index (κ2) is 7.13. The molecule has 1 heterocycles. The first-order chi connectivity index (χ1) is 8.74. The normalized spacial score (nSPS) is 30.1. The Kier molecular flexibility index (Phi) is 5.48. The van der Waals surface area contributed by atoms with Crippen molar-refractivity contribution in [3.8, 4) is 0 Å². The summed E-state index contributed by atoms with van der Waals surface area (Å²) in [5.74, 6) is 1.57. The van der Waals surface area contributed by atoms with Crippen molar-refractivity contribution in [1.29, 1.82) is 0 Å². The van der Waals surface area contributed by atoms with Gasteiger partial charge in [-0.2, -0.15) is 0 Å². The molecule has 3 heteroatoms. The molecule has 0 radical (unpaired) electrons. The Morgan fingerprint density at radius 3 is 2.56 bits per heavy atom. The van der Waals surface area contributed by atoms with E-state index in [9.17, 15) is 4.79 Å². The number of piperidine rings is 1. The zero-order valence-corrected chi connectivity index (χ0v) is 11.7. The van der Waals surface area contributed by atoms with E-state index in [1.165, 1.54) is 44.9 Å². The molecule has 1 saturated carbocycles. The van der Waals surface area contributed by atoms with Gasteiger partial charge >= 0.3 is 0 Å². The molecule has 1 saturated heterocycles. The predicted molar refractivity (Wildman–Crippen MR) is 74.4 cm³/mol. The molecule has 2 atom stereocenters. The fourth-order valence-electron chi connectivity index (χ4n) is 3.22. The quantitative estimate of drug-likeness (QED) is 0.807. The van der Waals surface area contributed by atoms with Gasteiger partial charge in [0, 0.05) is 19.0 Å². The van der Waals surface area contributed by atoms with Gasteiger partial charge in [0.1, 0.15) is 0 Å². The molecule has 0 bridgehead atoms. The van der Waals surface area contributed by atoms with Crippen LogP contribution in [0.15, 0.2) is 0 Å². The van der Waals surface area contributed by atoms with Crippen LogP contribution in [0, 0.1) is 11.8 Å². The van der Waals surface area contributed by atoms with E-state index in [-0.39, 0.29) is 5.91 Å². The Morgan fingerprint density at radius 1 is 1.11 bits per heavy atom. The van der Waals surface area contributed by atoms with E-state index in [1.54, 1.807) is 0 Å². The summed E-state index contributed by atoms with van der Waals surface area (Å²) in [6.07, 6.45) is 9.78. The summed E-state index contributed by atoms with van der Waals surface area (Å²) in [7, 11) is 0. The van der Waals surface area contributed by atoms with Gasteiger partial charge in [0.15, 0.2) is 0 Å². The van der Waals surface area contributed by atoms with Crippen LogP contribution in [0.25, 0.3) is 0 Å². The monoisotopic (exact) mass is 252 g/mol. The maximum absolute atomic E-state index is 11.9. The van der Waals surface area contributed by atoms with Crippen molar-refractivity contribution < 1.29 is 4.79 Å². The van der Waals surface area contributed by atoms with Gasteiger partial charge in [0.2, 0.25) is 5.91 Å². The minimum absolute atomic E-state index is 0.278. The third-order valence-corrected chi connectivity index (χ3v) is 4.55. The molecular weight excluding hydrogens is 224 g/mol. The second-order valence-corrected chi connectivity index (χ2v) is 6.26. The molecule has 2 N–H and O–H groups in total. The molecule has 104 valence electrons. The highest BCUT2D eigenvalue weighted by Gasteiger charge is 2.20. The number of rotatable bonds is 4. The van der Waals surface area contributed by atoms with Crippen LogP contribution in [0.5, 0.6) is 0 Å². The lowest BCUT2D eigenvalue weighted by molar-refractivity contribution is -0.122. The summed E-state index contributed by atoms with van der Waals surface area (Å²) in [6.45, 7) is 4.16. The van der Waals surface area contributed by atoms with Gasteiger partial charge in [0.05, 0.1) is 0 Å². The number of carbonyl (C=O) groups is 1. The Hall–Kier alpha value is -0.570. The fraction of sp³-hybridized carbons (Fsp3) is 0.933. The maximum Gasteiger partial charge on any atom is 0.220 e. The number of carbonyl (C=O) groups excluding carboxylic acids is 1. The fourth-order valence-corrected chi connectivity index (χ4v) is 3.22. The van der Waals surface area contributed by atoms with Gasteiger partial charge < -0.3 is 10.6 Å². The molecule has 2 rings (SSSR count). The number of hydrogen-bond acceptors (Lipinski definition) is 2. The van der Waals surface area contributed by atoms with Crippen molar-refractivity contribution in [1.82, 2.24) is 10.6 Å². The van der Waals surface area contributed by atoms with Gasteiger partial charge in [-0.05, 0) is 51.0 Å². The first-order valence-corrected chi connectivity index (χ1v) is 7.74. The SMILES string of the molecule is CC1CCC(CNC(=O)CC2CCCCC2)CN1. The summed E-state index contributed by atoms with van der Waals surface area (Å²) in [6, 6.07) is 0.652. The van der Waals surface area contributed by atoms with Crippen LogP contribution in [-0.4, -0.2) is 25.0 Å². The average Bonchev–Trinajstić information content (AvgIpc) is 2.39. The smallest absolute Gasteiger partial charge is 0.220 e. The van der Waals surface area contributed by atoms with Crippen molar-refractivity contribution in [2.24, 2.45) is 11.8 Å². The third kappa shape index (κ3) is 4.60. The van der Waals surface area contributed by atoms with Crippen LogP contribution >= 0.6 is 0 Å². The van der Waals surface area contributed by atoms with Crippen molar-refractivity contribution in [3.63, 3.8) is 0 Å². The van der Waals surface area contributed by atoms with Crippen LogP contribution in [0.3, 0.4) is 0 Å². The molecule has 1 aliphatic carbocycles. The molecule has 0 aromatic carbocycles. The first-order valence-electron chi connectivity index (χ1n) is 7.74. The summed E-state index contributed by atoms with van der Waals surface area (Å²) < 4.78 is 0. The van der Waals surface area contributed by atoms with Crippen LogP contribution in [-0.2, 0) is 4.79 Å². The Morgan fingerprint density at radius 2 is 1.89 bits per heavy atom.